The molecule has 6 heteroatoms. The van der Waals surface area contributed by atoms with Gasteiger partial charge in [0.25, 0.3) is 0 Å². The van der Waals surface area contributed by atoms with Gasteiger partial charge in [-0.1, -0.05) is 17.8 Å². The van der Waals surface area contributed by atoms with E-state index in [2.05, 4.69) is 32.0 Å². The molecule has 22 heavy (non-hydrogen) atoms. The van der Waals surface area contributed by atoms with Crippen molar-refractivity contribution in [3.63, 3.8) is 0 Å². The van der Waals surface area contributed by atoms with Gasteiger partial charge in [0.2, 0.25) is 0 Å². The predicted octanol–water partition coefficient (Wildman–Crippen LogP) is 2.22. The lowest BCUT2D eigenvalue weighted by Crippen LogP contribution is -2.31. The molecule has 0 aliphatic carbocycles. The Hall–Kier alpha value is -1.66. The van der Waals surface area contributed by atoms with Gasteiger partial charge in [0.05, 0.1) is 5.69 Å². The van der Waals surface area contributed by atoms with Gasteiger partial charge >= 0.3 is 0 Å². The quantitative estimate of drug-likeness (QED) is 0.637. The zero-order valence-electron chi connectivity index (χ0n) is 13.3. The maximum absolute atomic E-state index is 4.61. The monoisotopic (exact) mass is 315 g/mol. The fourth-order valence-corrected chi connectivity index (χ4v) is 2.98. The van der Waals surface area contributed by atoms with E-state index in [4.69, 9.17) is 0 Å². The normalized spacial score (nSPS) is 14.7. The van der Waals surface area contributed by atoms with Crippen LogP contribution in [0.5, 0.6) is 0 Å². The van der Waals surface area contributed by atoms with E-state index in [9.17, 15) is 0 Å². The number of hydrogen-bond donors (Lipinski definition) is 0. The summed E-state index contributed by atoms with van der Waals surface area (Å²) in [6, 6.07) is 4.23. The summed E-state index contributed by atoms with van der Waals surface area (Å²) >= 11 is 1.60. The highest BCUT2D eigenvalue weighted by molar-refractivity contribution is 7.98. The number of hydrogen-bond acceptors (Lipinski definition) is 6. The van der Waals surface area contributed by atoms with Crippen molar-refractivity contribution in [3.8, 4) is 0 Å². The Morgan fingerprint density at radius 1 is 1.23 bits per heavy atom. The molecular formula is C16H21N5S. The molecule has 0 saturated heterocycles. The van der Waals surface area contributed by atoms with Gasteiger partial charge in [-0.25, -0.2) is 15.0 Å². The van der Waals surface area contributed by atoms with Gasteiger partial charge in [-0.3, -0.25) is 4.90 Å². The molecule has 116 valence electrons. The molecule has 0 saturated carbocycles. The first-order valence-corrected chi connectivity index (χ1v) is 8.61. The molecule has 0 radical (unpaired) electrons. The Kier molecular flexibility index (Phi) is 4.59. The van der Waals surface area contributed by atoms with Crippen LogP contribution in [0.2, 0.25) is 0 Å². The Labute approximate surface area is 135 Å². The molecule has 3 heterocycles. The van der Waals surface area contributed by atoms with Crippen LogP contribution in [0.15, 0.2) is 29.7 Å². The Morgan fingerprint density at radius 2 is 2.09 bits per heavy atom. The molecule has 1 aliphatic heterocycles. The number of thioether (sulfide) groups is 1. The number of rotatable bonds is 4. The summed E-state index contributed by atoms with van der Waals surface area (Å²) < 4.78 is 0. The number of aromatic nitrogens is 3. The standard InChI is InChI=1S/C16H21N5S/c1-20(2)15-5-4-12(8-17-15)10-21-7-6-14-13(11-21)9-18-16(19-14)22-3/h4-5,8-9H,6-7,10-11H2,1-3H3. The molecule has 0 atom stereocenters. The lowest BCUT2D eigenvalue weighted by Gasteiger charge is -2.28. The first kappa shape index (κ1) is 15.2. The minimum Gasteiger partial charge on any atom is -0.363 e. The molecule has 0 fully saturated rings. The molecule has 1 aliphatic rings. The minimum atomic E-state index is 0.871. The van der Waals surface area contributed by atoms with Crippen molar-refractivity contribution in [2.45, 2.75) is 24.7 Å². The maximum Gasteiger partial charge on any atom is 0.187 e. The highest BCUT2D eigenvalue weighted by atomic mass is 32.2. The van der Waals surface area contributed by atoms with Crippen molar-refractivity contribution in [2.75, 3.05) is 31.8 Å². The second-order valence-corrected chi connectivity index (χ2v) is 6.48. The zero-order valence-corrected chi connectivity index (χ0v) is 14.1. The molecule has 0 spiro atoms. The van der Waals surface area contributed by atoms with Crippen LogP contribution in [-0.4, -0.2) is 46.7 Å². The summed E-state index contributed by atoms with van der Waals surface area (Å²) in [7, 11) is 4.01. The first-order valence-electron chi connectivity index (χ1n) is 7.39. The van der Waals surface area contributed by atoms with Crippen molar-refractivity contribution in [3.05, 3.63) is 41.3 Å². The van der Waals surface area contributed by atoms with Gasteiger partial charge in [-0.2, -0.15) is 0 Å². The van der Waals surface area contributed by atoms with Crippen LogP contribution < -0.4 is 4.90 Å². The predicted molar refractivity (Wildman–Crippen MR) is 90.2 cm³/mol. The molecule has 0 N–H and O–H groups in total. The van der Waals surface area contributed by atoms with Gasteiger partial charge in [0, 0.05) is 58.1 Å². The zero-order chi connectivity index (χ0) is 15.5. The molecule has 2 aromatic heterocycles. The van der Waals surface area contributed by atoms with Crippen LogP contribution in [0.4, 0.5) is 5.82 Å². The Bertz CT molecular complexity index is 641. The van der Waals surface area contributed by atoms with Gasteiger partial charge in [0.15, 0.2) is 5.16 Å². The number of nitrogens with zero attached hydrogens (tertiary/aromatic N) is 5. The summed E-state index contributed by atoms with van der Waals surface area (Å²) in [6.07, 6.45) is 6.96. The summed E-state index contributed by atoms with van der Waals surface area (Å²) in [5.41, 5.74) is 3.70. The molecule has 0 aromatic carbocycles. The fraction of sp³-hybridized carbons (Fsp3) is 0.438. The van der Waals surface area contributed by atoms with Crippen LogP contribution in [0, 0.1) is 0 Å². The second-order valence-electron chi connectivity index (χ2n) is 5.71. The van der Waals surface area contributed by atoms with E-state index < -0.39 is 0 Å². The summed E-state index contributed by atoms with van der Waals surface area (Å²) in [5, 5.41) is 0.871. The summed E-state index contributed by atoms with van der Waals surface area (Å²) in [6.45, 7) is 2.87. The van der Waals surface area contributed by atoms with Crippen molar-refractivity contribution in [1.82, 2.24) is 19.9 Å². The first-order chi connectivity index (χ1) is 10.7. The van der Waals surface area contributed by atoms with Gasteiger partial charge in [-0.15, -0.1) is 0 Å². The number of pyridine rings is 1. The van der Waals surface area contributed by atoms with Crippen LogP contribution in [0.25, 0.3) is 0 Å². The lowest BCUT2D eigenvalue weighted by atomic mass is 10.1. The van der Waals surface area contributed by atoms with Gasteiger partial charge in [0.1, 0.15) is 5.82 Å². The van der Waals surface area contributed by atoms with Crippen molar-refractivity contribution >= 4 is 17.6 Å². The van der Waals surface area contributed by atoms with Crippen LogP contribution >= 0.6 is 11.8 Å². The van der Waals surface area contributed by atoms with E-state index in [-0.39, 0.29) is 0 Å². The third-order valence-corrected chi connectivity index (χ3v) is 4.41. The summed E-state index contributed by atoms with van der Waals surface area (Å²) in [4.78, 5) is 17.9. The van der Waals surface area contributed by atoms with E-state index in [0.717, 1.165) is 37.0 Å². The Morgan fingerprint density at radius 3 is 2.77 bits per heavy atom. The minimum absolute atomic E-state index is 0.871. The third-order valence-electron chi connectivity index (χ3n) is 3.85. The van der Waals surface area contributed by atoms with Crippen molar-refractivity contribution < 1.29 is 0 Å². The van der Waals surface area contributed by atoms with Gasteiger partial charge in [-0.05, 0) is 17.9 Å². The molecule has 3 rings (SSSR count). The SMILES string of the molecule is CSc1ncc2c(n1)CCN(Cc1ccc(N(C)C)nc1)C2. The van der Waals surface area contributed by atoms with Crippen LogP contribution in [0.3, 0.4) is 0 Å². The third kappa shape index (κ3) is 3.39. The molecular weight excluding hydrogens is 294 g/mol. The van der Waals surface area contributed by atoms with E-state index in [1.165, 1.54) is 16.8 Å². The van der Waals surface area contributed by atoms with E-state index >= 15 is 0 Å². The largest absolute Gasteiger partial charge is 0.363 e. The average molecular weight is 315 g/mol. The molecule has 0 amide bonds. The summed E-state index contributed by atoms with van der Waals surface area (Å²) in [5.74, 6) is 0.991. The van der Waals surface area contributed by atoms with Crippen LogP contribution in [0.1, 0.15) is 16.8 Å². The lowest BCUT2D eigenvalue weighted by molar-refractivity contribution is 0.242. The van der Waals surface area contributed by atoms with Crippen molar-refractivity contribution in [1.29, 1.82) is 0 Å². The molecule has 5 nitrogen and oxygen atoms in total. The smallest absolute Gasteiger partial charge is 0.187 e. The molecule has 0 unspecified atom stereocenters. The molecule has 2 aromatic rings. The maximum atomic E-state index is 4.61. The highest BCUT2D eigenvalue weighted by Gasteiger charge is 2.18. The second kappa shape index (κ2) is 6.62. The molecule has 0 bridgehead atoms. The topological polar surface area (TPSA) is 45.2 Å². The van der Waals surface area contributed by atoms with E-state index in [1.807, 2.05) is 37.6 Å². The van der Waals surface area contributed by atoms with Gasteiger partial charge < -0.3 is 4.90 Å². The highest BCUT2D eigenvalue weighted by Crippen LogP contribution is 2.20. The number of fused-ring (bicyclic) bond motifs is 1. The van der Waals surface area contributed by atoms with Crippen LogP contribution in [-0.2, 0) is 19.5 Å². The number of anilines is 1. The van der Waals surface area contributed by atoms with E-state index in [1.54, 1.807) is 11.8 Å². The fourth-order valence-electron chi connectivity index (χ4n) is 2.62. The average Bonchev–Trinajstić information content (AvgIpc) is 2.55. The Balaban J connectivity index is 1.67. The van der Waals surface area contributed by atoms with E-state index in [0.29, 0.717) is 0 Å². The van der Waals surface area contributed by atoms with Crippen molar-refractivity contribution in [2.24, 2.45) is 0 Å².